The Labute approximate surface area is 100 Å². The van der Waals surface area contributed by atoms with E-state index in [-0.39, 0.29) is 6.42 Å². The number of H-pyrrole nitrogens is 1. The Kier molecular flexibility index (Phi) is 2.98. The van der Waals surface area contributed by atoms with Gasteiger partial charge in [-0.1, -0.05) is 12.1 Å². The van der Waals surface area contributed by atoms with Crippen LogP contribution >= 0.6 is 15.9 Å². The van der Waals surface area contributed by atoms with Gasteiger partial charge in [-0.25, -0.2) is 4.79 Å². The zero-order valence-electron chi connectivity index (χ0n) is 8.27. The van der Waals surface area contributed by atoms with Gasteiger partial charge in [0.25, 0.3) is 0 Å². The number of carbonyl (C=O) groups is 1. The molecule has 0 saturated heterocycles. The predicted octanol–water partition coefficient (Wildman–Crippen LogP) is 1.92. The number of aliphatic carboxylic acids is 1. The van der Waals surface area contributed by atoms with Crippen molar-refractivity contribution in [2.75, 3.05) is 0 Å². The van der Waals surface area contributed by atoms with Gasteiger partial charge in [-0.2, -0.15) is 0 Å². The number of hydrogen-bond donors (Lipinski definition) is 3. The minimum Gasteiger partial charge on any atom is -0.479 e. The lowest BCUT2D eigenvalue weighted by Gasteiger charge is -2.03. The van der Waals surface area contributed by atoms with E-state index in [2.05, 4.69) is 20.9 Å². The largest absolute Gasteiger partial charge is 0.479 e. The fourth-order valence-electron chi connectivity index (χ4n) is 1.64. The molecule has 0 aliphatic carbocycles. The first-order valence-electron chi connectivity index (χ1n) is 4.75. The molecule has 5 heteroatoms. The molecular formula is C11H10BrNO3. The minimum absolute atomic E-state index is 0.103. The van der Waals surface area contributed by atoms with Crippen molar-refractivity contribution in [3.05, 3.63) is 34.4 Å². The van der Waals surface area contributed by atoms with Crippen LogP contribution in [0.5, 0.6) is 0 Å². The van der Waals surface area contributed by atoms with E-state index in [1.165, 1.54) is 0 Å². The van der Waals surface area contributed by atoms with Gasteiger partial charge < -0.3 is 15.2 Å². The molecule has 4 nitrogen and oxygen atoms in total. The lowest BCUT2D eigenvalue weighted by atomic mass is 10.1. The van der Waals surface area contributed by atoms with Crippen LogP contribution in [0, 0.1) is 0 Å². The molecule has 0 bridgehead atoms. The van der Waals surface area contributed by atoms with E-state index >= 15 is 0 Å². The lowest BCUT2D eigenvalue weighted by Crippen LogP contribution is -2.21. The molecule has 0 radical (unpaired) electrons. The Morgan fingerprint density at radius 2 is 2.25 bits per heavy atom. The normalized spacial score (nSPS) is 12.9. The molecule has 1 unspecified atom stereocenters. The van der Waals surface area contributed by atoms with Crippen molar-refractivity contribution < 1.29 is 15.0 Å². The van der Waals surface area contributed by atoms with E-state index in [0.29, 0.717) is 0 Å². The van der Waals surface area contributed by atoms with Crippen LogP contribution in [0.2, 0.25) is 0 Å². The Morgan fingerprint density at radius 1 is 1.50 bits per heavy atom. The van der Waals surface area contributed by atoms with E-state index in [9.17, 15) is 9.90 Å². The van der Waals surface area contributed by atoms with Gasteiger partial charge in [0.2, 0.25) is 0 Å². The monoisotopic (exact) mass is 283 g/mol. The van der Waals surface area contributed by atoms with Gasteiger partial charge in [-0.05, 0) is 27.6 Å². The van der Waals surface area contributed by atoms with Gasteiger partial charge in [0.1, 0.15) is 0 Å². The fraction of sp³-hybridized carbons (Fsp3) is 0.182. The Morgan fingerprint density at radius 3 is 2.94 bits per heavy atom. The molecule has 84 valence electrons. The maximum Gasteiger partial charge on any atom is 0.332 e. The highest BCUT2D eigenvalue weighted by atomic mass is 79.9. The maximum atomic E-state index is 10.6. The van der Waals surface area contributed by atoms with Crippen molar-refractivity contribution in [2.24, 2.45) is 0 Å². The fourth-order valence-corrected chi connectivity index (χ4v) is 2.12. The number of nitrogens with one attached hydrogen (secondary N) is 1. The summed E-state index contributed by atoms with van der Waals surface area (Å²) >= 11 is 3.40. The molecule has 16 heavy (non-hydrogen) atoms. The minimum atomic E-state index is -1.36. The Balaban J connectivity index is 2.39. The van der Waals surface area contributed by atoms with Crippen LogP contribution in [0.4, 0.5) is 0 Å². The first-order valence-corrected chi connectivity index (χ1v) is 5.54. The zero-order chi connectivity index (χ0) is 11.7. The summed E-state index contributed by atoms with van der Waals surface area (Å²) < 4.78 is 0.918. The summed E-state index contributed by atoms with van der Waals surface area (Å²) in [6.07, 6.45) is 0.464. The zero-order valence-corrected chi connectivity index (χ0v) is 9.86. The van der Waals surface area contributed by atoms with Crippen LogP contribution in [0.3, 0.4) is 0 Å². The first-order chi connectivity index (χ1) is 7.59. The number of aromatic nitrogens is 1. The Bertz CT molecular complexity index is 535. The second-order valence-corrected chi connectivity index (χ2v) is 4.39. The molecule has 0 spiro atoms. The van der Waals surface area contributed by atoms with Gasteiger partial charge in [-0.3, -0.25) is 0 Å². The number of aliphatic hydroxyl groups is 1. The molecule has 1 heterocycles. The van der Waals surface area contributed by atoms with E-state index in [0.717, 1.165) is 20.9 Å². The summed E-state index contributed by atoms with van der Waals surface area (Å²) in [4.78, 5) is 13.6. The van der Waals surface area contributed by atoms with Crippen LogP contribution < -0.4 is 0 Å². The summed E-state index contributed by atoms with van der Waals surface area (Å²) in [6.45, 7) is 0. The summed E-state index contributed by atoms with van der Waals surface area (Å²) in [5, 5.41) is 18.9. The number of carboxylic acid groups (broad SMARTS) is 1. The average Bonchev–Trinajstić information content (AvgIpc) is 2.63. The van der Waals surface area contributed by atoms with Crippen molar-refractivity contribution in [1.82, 2.24) is 4.98 Å². The highest BCUT2D eigenvalue weighted by Crippen LogP contribution is 2.26. The van der Waals surface area contributed by atoms with Crippen molar-refractivity contribution in [1.29, 1.82) is 0 Å². The molecule has 0 aliphatic rings. The quantitative estimate of drug-likeness (QED) is 0.806. The summed E-state index contributed by atoms with van der Waals surface area (Å²) in [5.74, 6) is -1.20. The van der Waals surface area contributed by atoms with Crippen LogP contribution in [0.25, 0.3) is 10.9 Å². The van der Waals surface area contributed by atoms with Gasteiger partial charge in [0.15, 0.2) is 6.10 Å². The molecular weight excluding hydrogens is 274 g/mol. The summed E-state index contributed by atoms with van der Waals surface area (Å²) in [5.41, 5.74) is 1.71. The molecule has 2 aromatic rings. The number of hydrogen-bond acceptors (Lipinski definition) is 2. The highest BCUT2D eigenvalue weighted by Gasteiger charge is 2.16. The smallest absolute Gasteiger partial charge is 0.332 e. The van der Waals surface area contributed by atoms with Gasteiger partial charge in [-0.15, -0.1) is 0 Å². The van der Waals surface area contributed by atoms with Crippen molar-refractivity contribution in [2.45, 2.75) is 12.5 Å². The van der Waals surface area contributed by atoms with E-state index < -0.39 is 12.1 Å². The highest BCUT2D eigenvalue weighted by molar-refractivity contribution is 9.10. The van der Waals surface area contributed by atoms with E-state index in [1.54, 1.807) is 6.20 Å². The molecule has 1 aromatic carbocycles. The standard InChI is InChI=1S/C11H10BrNO3/c12-8-3-1-2-7-6(5-13-10(7)8)4-9(14)11(15)16/h1-3,5,9,13-14H,4H2,(H,15,16). The molecule has 3 N–H and O–H groups in total. The van der Waals surface area contributed by atoms with Crippen molar-refractivity contribution in [3.8, 4) is 0 Å². The van der Waals surface area contributed by atoms with E-state index in [1.807, 2.05) is 18.2 Å². The van der Waals surface area contributed by atoms with Crippen LogP contribution in [-0.4, -0.2) is 27.3 Å². The number of aliphatic hydroxyl groups excluding tert-OH is 1. The molecule has 0 saturated carbocycles. The number of carboxylic acids is 1. The van der Waals surface area contributed by atoms with Crippen molar-refractivity contribution in [3.63, 3.8) is 0 Å². The topological polar surface area (TPSA) is 73.3 Å². The molecule has 0 amide bonds. The van der Waals surface area contributed by atoms with Gasteiger partial charge in [0, 0.05) is 22.5 Å². The third kappa shape index (κ3) is 1.96. The second-order valence-electron chi connectivity index (χ2n) is 3.53. The predicted molar refractivity (Wildman–Crippen MR) is 63.3 cm³/mol. The second kappa shape index (κ2) is 4.27. The first kappa shape index (κ1) is 11.2. The number of halogens is 1. The average molecular weight is 284 g/mol. The van der Waals surface area contributed by atoms with E-state index in [4.69, 9.17) is 5.11 Å². The SMILES string of the molecule is O=C(O)C(O)Cc1c[nH]c2c(Br)cccc12. The number of para-hydroxylation sites is 1. The molecule has 0 aliphatic heterocycles. The number of aromatic amines is 1. The molecule has 1 aromatic heterocycles. The van der Waals surface area contributed by atoms with Gasteiger partial charge >= 0.3 is 5.97 Å². The summed E-state index contributed by atoms with van der Waals surface area (Å²) in [6, 6.07) is 5.66. The Hall–Kier alpha value is -1.33. The molecule has 1 atom stereocenters. The maximum absolute atomic E-state index is 10.6. The van der Waals surface area contributed by atoms with Crippen LogP contribution in [0.15, 0.2) is 28.9 Å². The third-order valence-corrected chi connectivity index (χ3v) is 3.11. The van der Waals surface area contributed by atoms with Crippen LogP contribution in [-0.2, 0) is 11.2 Å². The van der Waals surface area contributed by atoms with Gasteiger partial charge in [0.05, 0.1) is 5.52 Å². The molecule has 2 rings (SSSR count). The lowest BCUT2D eigenvalue weighted by molar-refractivity contribution is -0.146. The third-order valence-electron chi connectivity index (χ3n) is 2.45. The number of benzene rings is 1. The summed E-state index contributed by atoms with van der Waals surface area (Å²) in [7, 11) is 0. The van der Waals surface area contributed by atoms with Crippen molar-refractivity contribution >= 4 is 32.8 Å². The number of rotatable bonds is 3. The molecule has 0 fully saturated rings. The van der Waals surface area contributed by atoms with Crippen LogP contribution in [0.1, 0.15) is 5.56 Å². The number of fused-ring (bicyclic) bond motifs is 1.